The lowest BCUT2D eigenvalue weighted by Crippen LogP contribution is -2.03. The summed E-state index contributed by atoms with van der Waals surface area (Å²) in [4.78, 5) is 20.4. The quantitative estimate of drug-likeness (QED) is 0.181. The van der Waals surface area contributed by atoms with Crippen molar-refractivity contribution in [1.82, 2.24) is 28.9 Å². The number of para-hydroxylation sites is 3. The Bertz CT molecular complexity index is 3140. The molecule has 6 aromatic carbocycles. The third-order valence-electron chi connectivity index (χ3n) is 10.0. The zero-order valence-corrected chi connectivity index (χ0v) is 26.7. The van der Waals surface area contributed by atoms with Gasteiger partial charge in [0.2, 0.25) is 5.95 Å². The smallest absolute Gasteiger partial charge is 0.235 e. The van der Waals surface area contributed by atoms with Crippen LogP contribution in [0, 0.1) is 0 Å². The summed E-state index contributed by atoms with van der Waals surface area (Å²) in [5.74, 6) is 0.612. The number of pyridine rings is 2. The first kappa shape index (κ1) is 27.1. The van der Waals surface area contributed by atoms with Crippen molar-refractivity contribution in [1.29, 1.82) is 0 Å². The van der Waals surface area contributed by atoms with Gasteiger partial charge >= 0.3 is 0 Å². The molecule has 0 aliphatic heterocycles. The Morgan fingerprint density at radius 2 is 1.10 bits per heavy atom. The molecule has 50 heavy (non-hydrogen) atoms. The average Bonchev–Trinajstić information content (AvgIpc) is 3.75. The molecule has 0 atom stereocenters. The lowest BCUT2D eigenvalue weighted by atomic mass is 10.0. The maximum absolute atomic E-state index is 5.47. The summed E-state index contributed by atoms with van der Waals surface area (Å²) in [6, 6.07) is 51.0. The lowest BCUT2D eigenvalue weighted by molar-refractivity contribution is 1.02. The van der Waals surface area contributed by atoms with Gasteiger partial charge in [-0.05, 0) is 52.9 Å². The van der Waals surface area contributed by atoms with E-state index in [4.69, 9.17) is 15.0 Å². The van der Waals surface area contributed by atoms with Crippen LogP contribution in [0.25, 0.3) is 99.4 Å². The van der Waals surface area contributed by atoms with Crippen LogP contribution in [-0.4, -0.2) is 28.9 Å². The Labute approximate surface area is 285 Å². The van der Waals surface area contributed by atoms with E-state index in [-0.39, 0.29) is 0 Å². The minimum Gasteiger partial charge on any atom is -0.292 e. The van der Waals surface area contributed by atoms with Crippen molar-refractivity contribution in [2.45, 2.75) is 0 Å². The lowest BCUT2D eigenvalue weighted by Gasteiger charge is -2.12. The molecule has 0 saturated carbocycles. The van der Waals surface area contributed by atoms with Crippen LogP contribution >= 0.6 is 0 Å². The summed E-state index contributed by atoms with van der Waals surface area (Å²) in [5, 5.41) is 6.77. The molecule has 11 aromatic rings. The highest BCUT2D eigenvalue weighted by atomic mass is 15.2. The molecule has 0 spiro atoms. The highest BCUT2D eigenvalue weighted by Crippen LogP contribution is 2.39. The van der Waals surface area contributed by atoms with Crippen molar-refractivity contribution < 1.29 is 0 Å². The number of rotatable bonds is 3. The van der Waals surface area contributed by atoms with E-state index in [0.717, 1.165) is 82.7 Å². The van der Waals surface area contributed by atoms with Gasteiger partial charge in [-0.25, -0.2) is 15.0 Å². The van der Waals surface area contributed by atoms with Crippen molar-refractivity contribution in [3.05, 3.63) is 158 Å². The SMILES string of the molecule is c1cncc(-c2ccc(-c3nc(-n4c5ccccc5c5ccc6c(nc7c8ccccc8c8ccccc8n67)c54)nc4ccccc34)cc2)c1. The van der Waals surface area contributed by atoms with E-state index in [1.54, 1.807) is 6.20 Å². The highest BCUT2D eigenvalue weighted by Gasteiger charge is 2.22. The summed E-state index contributed by atoms with van der Waals surface area (Å²) < 4.78 is 4.52. The molecule has 0 N–H and O–H groups in total. The summed E-state index contributed by atoms with van der Waals surface area (Å²) in [6.07, 6.45) is 3.69. The molecule has 0 saturated heterocycles. The van der Waals surface area contributed by atoms with E-state index in [1.807, 2.05) is 24.4 Å². The van der Waals surface area contributed by atoms with Crippen LogP contribution in [0.2, 0.25) is 0 Å². The van der Waals surface area contributed by atoms with Gasteiger partial charge in [-0.1, -0.05) is 109 Å². The number of aromatic nitrogens is 6. The summed E-state index contributed by atoms with van der Waals surface area (Å²) in [6.45, 7) is 0. The van der Waals surface area contributed by atoms with Gasteiger partial charge in [-0.3, -0.25) is 14.0 Å². The predicted octanol–water partition coefficient (Wildman–Crippen LogP) is 10.6. The first-order chi connectivity index (χ1) is 24.8. The van der Waals surface area contributed by atoms with E-state index in [1.165, 1.54) is 10.8 Å². The van der Waals surface area contributed by atoms with E-state index in [0.29, 0.717) is 5.95 Å². The summed E-state index contributed by atoms with van der Waals surface area (Å²) >= 11 is 0. The van der Waals surface area contributed by atoms with Crippen LogP contribution in [0.1, 0.15) is 0 Å². The molecule has 0 unspecified atom stereocenters. The third kappa shape index (κ3) is 3.78. The minimum atomic E-state index is 0.612. The fourth-order valence-corrected chi connectivity index (χ4v) is 7.77. The molecule has 232 valence electrons. The molecule has 6 nitrogen and oxygen atoms in total. The molecule has 0 fully saturated rings. The van der Waals surface area contributed by atoms with Crippen molar-refractivity contribution >= 4 is 71.1 Å². The number of imidazole rings is 1. The number of benzene rings is 6. The van der Waals surface area contributed by atoms with Crippen molar-refractivity contribution in [3.8, 4) is 28.3 Å². The summed E-state index contributed by atoms with van der Waals surface area (Å²) in [7, 11) is 0. The fraction of sp³-hybridized carbons (Fsp3) is 0. The first-order valence-electron chi connectivity index (χ1n) is 16.7. The van der Waals surface area contributed by atoms with E-state index in [9.17, 15) is 0 Å². The topological polar surface area (TPSA) is 60.9 Å². The number of nitrogens with zero attached hydrogens (tertiary/aromatic N) is 6. The van der Waals surface area contributed by atoms with Gasteiger partial charge in [0.05, 0.1) is 33.3 Å². The molecule has 6 heteroatoms. The molecule has 0 aliphatic carbocycles. The van der Waals surface area contributed by atoms with Gasteiger partial charge in [0.25, 0.3) is 0 Å². The van der Waals surface area contributed by atoms with Crippen LogP contribution in [0.5, 0.6) is 0 Å². The van der Waals surface area contributed by atoms with Gasteiger partial charge in [0, 0.05) is 44.9 Å². The summed E-state index contributed by atoms with van der Waals surface area (Å²) in [5.41, 5.74) is 11.0. The molecular formula is C44H26N6. The second-order valence-corrected chi connectivity index (χ2v) is 12.7. The molecule has 11 rings (SSSR count). The molecular weight excluding hydrogens is 613 g/mol. The third-order valence-corrected chi connectivity index (χ3v) is 10.0. The number of hydrogen-bond donors (Lipinski definition) is 0. The molecule has 5 aromatic heterocycles. The maximum atomic E-state index is 5.47. The molecule has 0 aliphatic rings. The van der Waals surface area contributed by atoms with Crippen molar-refractivity contribution in [2.24, 2.45) is 0 Å². The van der Waals surface area contributed by atoms with Crippen LogP contribution in [0.15, 0.2) is 158 Å². The second kappa shape index (κ2) is 10.3. The molecule has 0 radical (unpaired) electrons. The van der Waals surface area contributed by atoms with Gasteiger partial charge in [-0.2, -0.15) is 0 Å². The van der Waals surface area contributed by atoms with Gasteiger partial charge in [-0.15, -0.1) is 0 Å². The van der Waals surface area contributed by atoms with Gasteiger partial charge < -0.3 is 0 Å². The average molecular weight is 639 g/mol. The van der Waals surface area contributed by atoms with E-state index < -0.39 is 0 Å². The van der Waals surface area contributed by atoms with Crippen LogP contribution in [0.4, 0.5) is 0 Å². The first-order valence-corrected chi connectivity index (χ1v) is 16.7. The monoisotopic (exact) mass is 638 g/mol. The standard InChI is InChI=1S/C44H26N6/c1-2-14-34-30(11-1)31-12-4-7-17-37(31)49-39-24-23-33-32-13-5-8-18-38(32)50(42(33)41(39)47-43(34)49)44-46-36-16-6-3-15-35(36)40(48-44)28-21-19-27(20-22-28)29-10-9-25-45-26-29/h1-26H. The zero-order valence-electron chi connectivity index (χ0n) is 26.7. The largest absolute Gasteiger partial charge is 0.292 e. The molecule has 0 bridgehead atoms. The number of hydrogen-bond acceptors (Lipinski definition) is 4. The zero-order chi connectivity index (χ0) is 32.8. The minimum absolute atomic E-state index is 0.612. The Balaban J connectivity index is 1.24. The van der Waals surface area contributed by atoms with E-state index >= 15 is 0 Å². The van der Waals surface area contributed by atoms with Crippen LogP contribution < -0.4 is 0 Å². The maximum Gasteiger partial charge on any atom is 0.235 e. The fourth-order valence-electron chi connectivity index (χ4n) is 7.77. The van der Waals surface area contributed by atoms with Gasteiger partial charge in [0.15, 0.2) is 0 Å². The van der Waals surface area contributed by atoms with Crippen LogP contribution in [0.3, 0.4) is 0 Å². The normalized spacial score (nSPS) is 12.0. The Morgan fingerprint density at radius 1 is 0.420 bits per heavy atom. The Morgan fingerprint density at radius 3 is 1.90 bits per heavy atom. The second-order valence-electron chi connectivity index (χ2n) is 12.7. The molecule has 5 heterocycles. The van der Waals surface area contributed by atoms with Crippen molar-refractivity contribution in [3.63, 3.8) is 0 Å². The predicted molar refractivity (Wildman–Crippen MR) is 204 cm³/mol. The van der Waals surface area contributed by atoms with Crippen molar-refractivity contribution in [2.75, 3.05) is 0 Å². The van der Waals surface area contributed by atoms with E-state index in [2.05, 4.69) is 141 Å². The molecule has 0 amide bonds. The Hall–Kier alpha value is -6.92. The number of fused-ring (bicyclic) bond motifs is 13. The Kier molecular flexibility index (Phi) is 5.57. The highest BCUT2D eigenvalue weighted by molar-refractivity contribution is 6.20. The van der Waals surface area contributed by atoms with Gasteiger partial charge in [0.1, 0.15) is 11.2 Å². The van der Waals surface area contributed by atoms with Crippen LogP contribution in [-0.2, 0) is 0 Å².